The van der Waals surface area contributed by atoms with E-state index in [1.54, 1.807) is 0 Å². The quantitative estimate of drug-likeness (QED) is 0.693. The molecule has 0 atom stereocenters. The van der Waals surface area contributed by atoms with Crippen LogP contribution < -0.4 is 11.1 Å². The maximum atomic E-state index is 5.33. The number of hydrogen-bond donors (Lipinski definition) is 2. The minimum Gasteiger partial charge on any atom is -0.329 e. The van der Waals surface area contributed by atoms with Crippen LogP contribution in [-0.2, 0) is 6.54 Å². The molecule has 0 heterocycles. The van der Waals surface area contributed by atoms with Gasteiger partial charge in [-0.2, -0.15) is 0 Å². The molecule has 0 aliphatic carbocycles. The van der Waals surface area contributed by atoms with E-state index in [0.29, 0.717) is 6.54 Å². The van der Waals surface area contributed by atoms with E-state index in [0.717, 1.165) is 13.1 Å². The Balaban J connectivity index is 0.000000671. The lowest BCUT2D eigenvalue weighted by Gasteiger charge is -2.01. The van der Waals surface area contributed by atoms with Crippen molar-refractivity contribution in [1.82, 2.24) is 5.32 Å². The van der Waals surface area contributed by atoms with Crippen molar-refractivity contribution < 1.29 is 0 Å². The highest BCUT2D eigenvalue weighted by Gasteiger charge is 1.87. The average Bonchev–Trinajstić information content (AvgIpc) is 2.23. The third kappa shape index (κ3) is 6.31. The Morgan fingerprint density at radius 3 is 2.31 bits per heavy atom. The van der Waals surface area contributed by atoms with E-state index in [1.807, 2.05) is 32.0 Å². The zero-order chi connectivity index (χ0) is 9.94. The zero-order valence-corrected chi connectivity index (χ0v) is 8.59. The van der Waals surface area contributed by atoms with Gasteiger partial charge in [0.1, 0.15) is 0 Å². The lowest BCUT2D eigenvalue weighted by molar-refractivity contribution is 0.695. The fourth-order valence-electron chi connectivity index (χ4n) is 0.931. The van der Waals surface area contributed by atoms with Gasteiger partial charge in [-0.1, -0.05) is 44.2 Å². The van der Waals surface area contributed by atoms with Gasteiger partial charge in [-0.25, -0.2) is 0 Å². The van der Waals surface area contributed by atoms with Gasteiger partial charge in [0.15, 0.2) is 0 Å². The molecule has 74 valence electrons. The maximum Gasteiger partial charge on any atom is 0.0206 e. The van der Waals surface area contributed by atoms with Crippen molar-refractivity contribution in [3.05, 3.63) is 35.9 Å². The van der Waals surface area contributed by atoms with Crippen molar-refractivity contribution in [2.75, 3.05) is 13.1 Å². The first-order valence-electron chi connectivity index (χ1n) is 4.88. The first-order valence-corrected chi connectivity index (χ1v) is 4.88. The highest BCUT2D eigenvalue weighted by atomic mass is 14.9. The summed E-state index contributed by atoms with van der Waals surface area (Å²) >= 11 is 0. The van der Waals surface area contributed by atoms with E-state index in [9.17, 15) is 0 Å². The summed E-state index contributed by atoms with van der Waals surface area (Å²) in [5.41, 5.74) is 6.64. The highest BCUT2D eigenvalue weighted by molar-refractivity contribution is 5.14. The molecule has 0 saturated heterocycles. The standard InChI is InChI=1S/C9H14N2.C2H6/c10-6-7-11-8-9-4-2-1-3-5-9;1-2/h1-5,11H,6-8,10H2;1-2H3. The molecular weight excluding hydrogens is 160 g/mol. The van der Waals surface area contributed by atoms with Crippen LogP contribution in [0, 0.1) is 0 Å². The first kappa shape index (κ1) is 12.1. The van der Waals surface area contributed by atoms with Gasteiger partial charge in [-0.15, -0.1) is 0 Å². The molecule has 3 N–H and O–H groups in total. The van der Waals surface area contributed by atoms with Gasteiger partial charge in [-0.3, -0.25) is 0 Å². The molecule has 1 rings (SSSR count). The van der Waals surface area contributed by atoms with Crippen molar-refractivity contribution in [2.45, 2.75) is 20.4 Å². The number of rotatable bonds is 4. The average molecular weight is 180 g/mol. The van der Waals surface area contributed by atoms with Crippen LogP contribution in [0.25, 0.3) is 0 Å². The van der Waals surface area contributed by atoms with E-state index in [-0.39, 0.29) is 0 Å². The molecule has 0 aromatic heterocycles. The van der Waals surface area contributed by atoms with E-state index in [2.05, 4.69) is 17.4 Å². The lowest BCUT2D eigenvalue weighted by atomic mass is 10.2. The maximum absolute atomic E-state index is 5.33. The Morgan fingerprint density at radius 2 is 1.77 bits per heavy atom. The Hall–Kier alpha value is -0.860. The second kappa shape index (κ2) is 9.23. The molecule has 0 fully saturated rings. The van der Waals surface area contributed by atoms with Crippen LogP contribution >= 0.6 is 0 Å². The third-order valence-electron chi connectivity index (χ3n) is 1.49. The molecule has 0 aliphatic heterocycles. The summed E-state index contributed by atoms with van der Waals surface area (Å²) in [6, 6.07) is 10.3. The summed E-state index contributed by atoms with van der Waals surface area (Å²) in [6.45, 7) is 6.50. The van der Waals surface area contributed by atoms with Crippen molar-refractivity contribution in [3.8, 4) is 0 Å². The number of benzene rings is 1. The summed E-state index contributed by atoms with van der Waals surface area (Å²) in [7, 11) is 0. The van der Waals surface area contributed by atoms with Crippen molar-refractivity contribution in [2.24, 2.45) is 5.73 Å². The van der Waals surface area contributed by atoms with Gasteiger partial charge in [0.2, 0.25) is 0 Å². The molecular formula is C11H20N2. The summed E-state index contributed by atoms with van der Waals surface area (Å²) in [4.78, 5) is 0. The number of nitrogens with one attached hydrogen (secondary N) is 1. The molecule has 0 spiro atoms. The smallest absolute Gasteiger partial charge is 0.0206 e. The van der Waals surface area contributed by atoms with Gasteiger partial charge in [0.25, 0.3) is 0 Å². The molecule has 1 aromatic carbocycles. The largest absolute Gasteiger partial charge is 0.329 e. The molecule has 2 heteroatoms. The molecule has 2 nitrogen and oxygen atoms in total. The van der Waals surface area contributed by atoms with Crippen LogP contribution in [0.15, 0.2) is 30.3 Å². The first-order chi connectivity index (χ1) is 6.43. The molecule has 0 unspecified atom stereocenters. The molecule has 0 radical (unpaired) electrons. The van der Waals surface area contributed by atoms with Gasteiger partial charge < -0.3 is 11.1 Å². The Morgan fingerprint density at radius 1 is 1.15 bits per heavy atom. The molecule has 0 amide bonds. The van der Waals surface area contributed by atoms with E-state index >= 15 is 0 Å². The highest BCUT2D eigenvalue weighted by Crippen LogP contribution is 1.96. The van der Waals surface area contributed by atoms with Crippen LogP contribution in [0.1, 0.15) is 19.4 Å². The van der Waals surface area contributed by atoms with Crippen molar-refractivity contribution in [3.63, 3.8) is 0 Å². The minimum atomic E-state index is 0.701. The fraction of sp³-hybridized carbons (Fsp3) is 0.455. The van der Waals surface area contributed by atoms with Crippen LogP contribution in [-0.4, -0.2) is 13.1 Å². The second-order valence-corrected chi connectivity index (χ2v) is 2.45. The van der Waals surface area contributed by atoms with E-state index in [1.165, 1.54) is 5.56 Å². The van der Waals surface area contributed by atoms with Gasteiger partial charge in [-0.05, 0) is 5.56 Å². The Labute approximate surface area is 81.2 Å². The summed E-state index contributed by atoms with van der Waals surface area (Å²) in [5.74, 6) is 0. The second-order valence-electron chi connectivity index (χ2n) is 2.45. The van der Waals surface area contributed by atoms with E-state index < -0.39 is 0 Å². The summed E-state index contributed by atoms with van der Waals surface area (Å²) < 4.78 is 0. The predicted octanol–water partition coefficient (Wildman–Crippen LogP) is 1.76. The molecule has 0 aliphatic rings. The lowest BCUT2D eigenvalue weighted by Crippen LogP contribution is -2.21. The topological polar surface area (TPSA) is 38.0 Å². The Kier molecular flexibility index (Phi) is 8.62. The van der Waals surface area contributed by atoms with Gasteiger partial charge >= 0.3 is 0 Å². The predicted molar refractivity (Wildman–Crippen MR) is 58.6 cm³/mol. The van der Waals surface area contributed by atoms with Gasteiger partial charge in [0, 0.05) is 19.6 Å². The van der Waals surface area contributed by atoms with E-state index in [4.69, 9.17) is 5.73 Å². The van der Waals surface area contributed by atoms with Crippen LogP contribution in [0.3, 0.4) is 0 Å². The van der Waals surface area contributed by atoms with Crippen molar-refractivity contribution in [1.29, 1.82) is 0 Å². The number of hydrogen-bond acceptors (Lipinski definition) is 2. The SMILES string of the molecule is CC.NCCNCc1ccccc1. The van der Waals surface area contributed by atoms with Crippen LogP contribution in [0.2, 0.25) is 0 Å². The molecule has 1 aromatic rings. The zero-order valence-electron chi connectivity index (χ0n) is 8.59. The monoisotopic (exact) mass is 180 g/mol. The summed E-state index contributed by atoms with van der Waals surface area (Å²) in [6.07, 6.45) is 0. The van der Waals surface area contributed by atoms with Crippen LogP contribution in [0.5, 0.6) is 0 Å². The third-order valence-corrected chi connectivity index (χ3v) is 1.49. The normalized spacial score (nSPS) is 8.85. The minimum absolute atomic E-state index is 0.701. The van der Waals surface area contributed by atoms with Crippen LogP contribution in [0.4, 0.5) is 0 Å². The Bertz CT molecular complexity index is 185. The number of nitrogens with two attached hydrogens (primary N) is 1. The van der Waals surface area contributed by atoms with Crippen molar-refractivity contribution >= 4 is 0 Å². The molecule has 0 bridgehead atoms. The van der Waals surface area contributed by atoms with Gasteiger partial charge in [0.05, 0.1) is 0 Å². The fourth-order valence-corrected chi connectivity index (χ4v) is 0.931. The molecule has 13 heavy (non-hydrogen) atoms. The molecule has 0 saturated carbocycles. The summed E-state index contributed by atoms with van der Waals surface area (Å²) in [5, 5.41) is 3.23.